The normalized spacial score (nSPS) is 21.0. The minimum atomic E-state index is -1.19. The highest BCUT2D eigenvalue weighted by Gasteiger charge is 2.49. The minimum absolute atomic E-state index is 0.0270. The van der Waals surface area contributed by atoms with Crippen molar-refractivity contribution in [1.82, 2.24) is 9.13 Å². The fraction of sp³-hybridized carbons (Fsp3) is 0.500. The number of hydrogen-bond donors (Lipinski definition) is 2. The van der Waals surface area contributed by atoms with E-state index in [0.717, 1.165) is 59.3 Å². The van der Waals surface area contributed by atoms with Crippen LogP contribution in [-0.4, -0.2) is 58.7 Å². The van der Waals surface area contributed by atoms with Crippen LogP contribution in [0.4, 0.5) is 0 Å². The molecule has 12 heteroatoms. The average molecular weight is 823 g/mol. The van der Waals surface area contributed by atoms with Gasteiger partial charge in [0.2, 0.25) is 0 Å². The van der Waals surface area contributed by atoms with Gasteiger partial charge in [-0.15, -0.1) is 0 Å². The Bertz CT molecular complexity index is 2300. The van der Waals surface area contributed by atoms with Gasteiger partial charge in [0, 0.05) is 59.6 Å². The van der Waals surface area contributed by atoms with E-state index < -0.39 is 22.8 Å². The van der Waals surface area contributed by atoms with Crippen LogP contribution in [0.5, 0.6) is 23.0 Å². The maximum atomic E-state index is 12.5. The van der Waals surface area contributed by atoms with E-state index in [-0.39, 0.29) is 45.9 Å². The molecule has 2 aliphatic heterocycles. The van der Waals surface area contributed by atoms with Crippen molar-refractivity contribution >= 4 is 11.9 Å². The van der Waals surface area contributed by atoms with E-state index in [2.05, 4.69) is 67.5 Å². The zero-order valence-corrected chi connectivity index (χ0v) is 36.4. The zero-order valence-electron chi connectivity index (χ0n) is 36.4. The molecule has 0 amide bonds. The lowest BCUT2D eigenvalue weighted by molar-refractivity contribution is 0.0683. The van der Waals surface area contributed by atoms with Crippen LogP contribution < -0.4 is 29.8 Å². The Hall–Kier alpha value is -5.52. The second-order valence-corrected chi connectivity index (χ2v) is 19.0. The molecule has 8 rings (SSSR count). The fourth-order valence-corrected chi connectivity index (χ4v) is 10.1. The lowest BCUT2D eigenvalue weighted by atomic mass is 9.77. The molecule has 0 bridgehead atoms. The number of carboxylic acid groups (broad SMARTS) is 2. The second kappa shape index (κ2) is 15.8. The van der Waals surface area contributed by atoms with Gasteiger partial charge in [0.15, 0.2) is 33.9 Å². The van der Waals surface area contributed by atoms with Gasteiger partial charge in [0.1, 0.15) is 11.1 Å². The molecule has 4 aliphatic rings. The summed E-state index contributed by atoms with van der Waals surface area (Å²) in [7, 11) is 3.21. The number of nitrogens with zero attached hydrogens (tertiary/aromatic N) is 2. The Morgan fingerprint density at radius 2 is 1.00 bits per heavy atom. The number of benzene rings is 2. The monoisotopic (exact) mass is 822 g/mol. The van der Waals surface area contributed by atoms with Gasteiger partial charge in [-0.1, -0.05) is 55.4 Å². The number of aromatic carboxylic acids is 2. The maximum Gasteiger partial charge on any atom is 0.341 e. The molecule has 0 radical (unpaired) electrons. The summed E-state index contributed by atoms with van der Waals surface area (Å²) in [5, 5.41) is 19.0. The van der Waals surface area contributed by atoms with E-state index in [9.17, 15) is 29.4 Å². The largest absolute Gasteiger partial charge is 0.493 e. The molecule has 12 nitrogen and oxygen atoms in total. The van der Waals surface area contributed by atoms with E-state index in [0.29, 0.717) is 48.0 Å². The van der Waals surface area contributed by atoms with Crippen molar-refractivity contribution in [1.29, 1.82) is 0 Å². The molecule has 0 saturated heterocycles. The van der Waals surface area contributed by atoms with Crippen molar-refractivity contribution < 1.29 is 38.7 Å². The highest BCUT2D eigenvalue weighted by Crippen LogP contribution is 2.61. The lowest BCUT2D eigenvalue weighted by Gasteiger charge is -2.40. The van der Waals surface area contributed by atoms with Crippen molar-refractivity contribution in [2.75, 3.05) is 27.4 Å². The Labute approximate surface area is 351 Å². The van der Waals surface area contributed by atoms with Gasteiger partial charge in [0.05, 0.1) is 38.8 Å². The van der Waals surface area contributed by atoms with E-state index in [1.165, 1.54) is 24.5 Å². The van der Waals surface area contributed by atoms with E-state index >= 15 is 0 Å². The van der Waals surface area contributed by atoms with Crippen LogP contribution in [0, 0.1) is 22.7 Å². The summed E-state index contributed by atoms with van der Waals surface area (Å²) in [5.74, 6) is 1.50. The average Bonchev–Trinajstić information content (AvgIpc) is 3.69. The van der Waals surface area contributed by atoms with Gasteiger partial charge >= 0.3 is 11.9 Å². The van der Waals surface area contributed by atoms with E-state index in [4.69, 9.17) is 18.9 Å². The third kappa shape index (κ3) is 7.47. The van der Waals surface area contributed by atoms with Gasteiger partial charge in [-0.05, 0) is 83.7 Å². The first-order chi connectivity index (χ1) is 28.3. The molecule has 4 atom stereocenters. The third-order valence-corrected chi connectivity index (χ3v) is 12.9. The summed E-state index contributed by atoms with van der Waals surface area (Å²) in [6.45, 7) is 18.4. The highest BCUT2D eigenvalue weighted by atomic mass is 16.5. The van der Waals surface area contributed by atoms with E-state index in [1.807, 2.05) is 21.3 Å². The minimum Gasteiger partial charge on any atom is -0.493 e. The number of ether oxygens (including phenoxy) is 4. The van der Waals surface area contributed by atoms with Crippen LogP contribution in [0.25, 0.3) is 22.5 Å². The Kier molecular flexibility index (Phi) is 11.2. The summed E-state index contributed by atoms with van der Waals surface area (Å²) in [5.41, 5.74) is 4.21. The second-order valence-electron chi connectivity index (χ2n) is 19.0. The van der Waals surface area contributed by atoms with Gasteiger partial charge in [-0.25, -0.2) is 9.59 Å². The molecule has 2 aromatic heterocycles. The Balaban J connectivity index is 0.000000181. The molecule has 0 spiro atoms. The number of carboxylic acids is 2. The van der Waals surface area contributed by atoms with Gasteiger partial charge in [-0.2, -0.15) is 0 Å². The SMILES string of the molecule is COc1cc2c(cc1OCC(C)C)[C@@H]1CCC(C)(C)[C@@H]1n1cc(C(=O)O)c(=O)cc1-2.COc1cc2c(cc1OCC(C)C)[C@H]1CCC(C)(C)[C@H]1n1cc(C(=O)O)c(=O)cc1-2. The molecule has 0 unspecified atom stereocenters. The third-order valence-electron chi connectivity index (χ3n) is 12.9. The van der Waals surface area contributed by atoms with Crippen LogP contribution in [0.15, 0.2) is 58.4 Å². The van der Waals surface area contributed by atoms with Gasteiger partial charge < -0.3 is 38.3 Å². The highest BCUT2D eigenvalue weighted by molar-refractivity contribution is 5.88. The molecule has 2 aliphatic carbocycles. The molecule has 2 saturated carbocycles. The van der Waals surface area contributed by atoms with Crippen LogP contribution in [0.3, 0.4) is 0 Å². The number of carbonyl (C=O) groups is 2. The number of aromatic nitrogens is 2. The lowest BCUT2D eigenvalue weighted by Crippen LogP contribution is -2.32. The summed E-state index contributed by atoms with van der Waals surface area (Å²) < 4.78 is 27.3. The van der Waals surface area contributed by atoms with E-state index in [1.54, 1.807) is 14.2 Å². The number of fused-ring (bicyclic) bond motifs is 12. The van der Waals surface area contributed by atoms with Crippen molar-refractivity contribution in [3.63, 3.8) is 0 Å². The van der Waals surface area contributed by atoms with Gasteiger partial charge in [-0.3, -0.25) is 9.59 Å². The summed E-state index contributed by atoms with van der Waals surface area (Å²) in [6.07, 6.45) is 7.09. The van der Waals surface area contributed by atoms with Crippen LogP contribution in [0.1, 0.15) is 137 Å². The molecular formula is C48H58N2O10. The number of pyridine rings is 2. The number of rotatable bonds is 10. The summed E-state index contributed by atoms with van der Waals surface area (Å²) >= 11 is 0. The number of methoxy groups -OCH3 is 2. The quantitative estimate of drug-likeness (QED) is 0.158. The molecular weight excluding hydrogens is 765 g/mol. The van der Waals surface area contributed by atoms with Crippen molar-refractivity contribution in [3.05, 3.63) is 91.5 Å². The van der Waals surface area contributed by atoms with Crippen LogP contribution in [0.2, 0.25) is 0 Å². The molecule has 2 fully saturated rings. The standard InChI is InChI=1S/2C24H29NO5/c2*1-13(2)12-30-21-8-15-14-6-7-24(3,4)22(14)25-11-17(23(27)28)19(26)10-18(25)16(15)9-20(21)29-5/h2*8-11,13-14,22H,6-7,12H2,1-5H3,(H,27,28)/t2*14-,22+/m10/s1. The van der Waals surface area contributed by atoms with Crippen molar-refractivity contribution in [2.24, 2.45) is 22.7 Å². The predicted molar refractivity (Wildman–Crippen MR) is 230 cm³/mol. The molecule has 4 aromatic rings. The molecule has 2 aromatic carbocycles. The Morgan fingerprint density at radius 1 is 0.633 bits per heavy atom. The maximum absolute atomic E-state index is 12.5. The zero-order chi connectivity index (χ0) is 43.6. The fourth-order valence-electron chi connectivity index (χ4n) is 10.1. The first kappa shape index (κ1) is 42.6. The predicted octanol–water partition coefficient (Wildman–Crippen LogP) is 9.43. The van der Waals surface area contributed by atoms with Crippen LogP contribution in [-0.2, 0) is 0 Å². The van der Waals surface area contributed by atoms with Crippen molar-refractivity contribution in [3.8, 4) is 45.5 Å². The van der Waals surface area contributed by atoms with Crippen LogP contribution >= 0.6 is 0 Å². The summed E-state index contributed by atoms with van der Waals surface area (Å²) in [4.78, 5) is 48.3. The smallest absolute Gasteiger partial charge is 0.341 e. The first-order valence-electron chi connectivity index (χ1n) is 21.0. The molecule has 320 valence electrons. The molecule has 60 heavy (non-hydrogen) atoms. The molecule has 4 heterocycles. The molecule has 2 N–H and O–H groups in total. The topological polar surface area (TPSA) is 156 Å². The summed E-state index contributed by atoms with van der Waals surface area (Å²) in [6, 6.07) is 11.1. The first-order valence-corrected chi connectivity index (χ1v) is 21.0. The van der Waals surface area contributed by atoms with Crippen molar-refractivity contribution in [2.45, 2.75) is 105 Å². The van der Waals surface area contributed by atoms with Gasteiger partial charge in [0.25, 0.3) is 0 Å². The number of hydrogen-bond acceptors (Lipinski definition) is 8. The Morgan fingerprint density at radius 3 is 1.32 bits per heavy atom.